The smallest absolute Gasteiger partial charge is 0.0705 e. The Hall–Kier alpha value is 0.0600. The van der Waals surface area contributed by atoms with Crippen molar-refractivity contribution in [3.8, 4) is 19.5 Å². The molecular formula is C17H16Br2S3. The van der Waals surface area contributed by atoms with Gasteiger partial charge in [-0.25, -0.2) is 0 Å². The molecule has 3 rings (SSSR count). The van der Waals surface area contributed by atoms with E-state index in [9.17, 15) is 0 Å². The predicted octanol–water partition coefficient (Wildman–Crippen LogP) is 8.32. The molecule has 0 nitrogen and oxygen atoms in total. The first kappa shape index (κ1) is 16.9. The maximum absolute atomic E-state index is 3.59. The van der Waals surface area contributed by atoms with Gasteiger partial charge in [0.05, 0.1) is 7.57 Å². The fourth-order valence-corrected chi connectivity index (χ4v) is 6.48. The molecule has 0 unspecified atom stereocenters. The molecule has 0 aliphatic rings. The molecule has 0 saturated carbocycles. The zero-order valence-electron chi connectivity index (χ0n) is 12.4. The molecule has 0 amide bonds. The third-order valence-electron chi connectivity index (χ3n) is 3.41. The Morgan fingerprint density at radius 2 is 1.50 bits per heavy atom. The highest BCUT2D eigenvalue weighted by molar-refractivity contribution is 9.11. The summed E-state index contributed by atoms with van der Waals surface area (Å²) in [5, 5.41) is 0. The Kier molecular flexibility index (Phi) is 5.61. The van der Waals surface area contributed by atoms with Gasteiger partial charge in [0, 0.05) is 19.5 Å². The SMILES string of the molecule is CC(C)CCc1cc(-c2ccc(Br)s2)sc1-c1ccc(Br)s1. The summed E-state index contributed by atoms with van der Waals surface area (Å²) in [6.07, 6.45) is 2.40. The van der Waals surface area contributed by atoms with E-state index >= 15 is 0 Å². The van der Waals surface area contributed by atoms with Gasteiger partial charge in [0.2, 0.25) is 0 Å². The Balaban J connectivity index is 2.00. The summed E-state index contributed by atoms with van der Waals surface area (Å²) in [5.74, 6) is 0.738. The van der Waals surface area contributed by atoms with E-state index in [4.69, 9.17) is 0 Å². The summed E-state index contributed by atoms with van der Waals surface area (Å²) >= 11 is 12.7. The lowest BCUT2D eigenvalue weighted by molar-refractivity contribution is 0.588. The van der Waals surface area contributed by atoms with E-state index in [0.29, 0.717) is 0 Å². The largest absolute Gasteiger partial charge is 0.133 e. The second kappa shape index (κ2) is 7.31. The van der Waals surface area contributed by atoms with Gasteiger partial charge in [0.15, 0.2) is 0 Å². The lowest BCUT2D eigenvalue weighted by Gasteiger charge is -2.04. The van der Waals surface area contributed by atoms with Crippen LogP contribution >= 0.6 is 65.9 Å². The summed E-state index contributed by atoms with van der Waals surface area (Å²) < 4.78 is 2.39. The van der Waals surface area contributed by atoms with E-state index in [2.05, 4.69) is 76.0 Å². The highest BCUT2D eigenvalue weighted by atomic mass is 79.9. The van der Waals surface area contributed by atoms with Crippen LogP contribution < -0.4 is 0 Å². The van der Waals surface area contributed by atoms with Gasteiger partial charge in [-0.05, 0) is 86.5 Å². The number of rotatable bonds is 5. The minimum absolute atomic E-state index is 0.738. The molecule has 0 aliphatic heterocycles. The second-order valence-corrected chi connectivity index (χ2v) is 11.6. The summed E-state index contributed by atoms with van der Waals surface area (Å²) in [6, 6.07) is 11.1. The fourth-order valence-electron chi connectivity index (χ4n) is 2.27. The molecule has 0 aromatic carbocycles. The molecule has 0 fully saturated rings. The van der Waals surface area contributed by atoms with Crippen molar-refractivity contribution in [2.24, 2.45) is 5.92 Å². The molecule has 0 N–H and O–H groups in total. The minimum atomic E-state index is 0.738. The van der Waals surface area contributed by atoms with Crippen LogP contribution in [0.1, 0.15) is 25.8 Å². The molecule has 5 heteroatoms. The van der Waals surface area contributed by atoms with Crippen LogP contribution in [-0.2, 0) is 6.42 Å². The third kappa shape index (κ3) is 3.93. The van der Waals surface area contributed by atoms with Crippen LogP contribution in [0.2, 0.25) is 0 Å². The van der Waals surface area contributed by atoms with Crippen molar-refractivity contribution in [2.75, 3.05) is 0 Å². The van der Waals surface area contributed by atoms with Crippen molar-refractivity contribution < 1.29 is 0 Å². The second-order valence-electron chi connectivity index (χ2n) is 5.61. The van der Waals surface area contributed by atoms with Crippen molar-refractivity contribution in [3.63, 3.8) is 0 Å². The van der Waals surface area contributed by atoms with Crippen LogP contribution in [0, 0.1) is 5.92 Å². The van der Waals surface area contributed by atoms with E-state index in [0.717, 1.165) is 12.3 Å². The topological polar surface area (TPSA) is 0 Å². The lowest BCUT2D eigenvalue weighted by atomic mass is 10.0. The van der Waals surface area contributed by atoms with Crippen molar-refractivity contribution in [1.29, 1.82) is 0 Å². The summed E-state index contributed by atoms with van der Waals surface area (Å²) in [7, 11) is 0. The summed E-state index contributed by atoms with van der Waals surface area (Å²) in [4.78, 5) is 5.55. The third-order valence-corrected chi connectivity index (χ3v) is 8.21. The van der Waals surface area contributed by atoms with Crippen molar-refractivity contribution in [2.45, 2.75) is 26.7 Å². The van der Waals surface area contributed by atoms with E-state index in [-0.39, 0.29) is 0 Å². The summed E-state index contributed by atoms with van der Waals surface area (Å²) in [5.41, 5.74) is 1.49. The number of hydrogen-bond donors (Lipinski definition) is 0. The average Bonchev–Trinajstić information content (AvgIpc) is 3.15. The molecule has 0 radical (unpaired) electrons. The van der Waals surface area contributed by atoms with Gasteiger partial charge in [-0.1, -0.05) is 13.8 Å². The van der Waals surface area contributed by atoms with E-state index in [1.165, 1.54) is 39.1 Å². The molecule has 3 aromatic heterocycles. The molecule has 0 saturated heterocycles. The van der Waals surface area contributed by atoms with E-state index in [1.807, 2.05) is 34.0 Å². The van der Waals surface area contributed by atoms with Crippen LogP contribution in [0.25, 0.3) is 19.5 Å². The van der Waals surface area contributed by atoms with Gasteiger partial charge in [0.25, 0.3) is 0 Å². The van der Waals surface area contributed by atoms with E-state index < -0.39 is 0 Å². The van der Waals surface area contributed by atoms with Crippen LogP contribution in [-0.4, -0.2) is 0 Å². The number of thiophene rings is 3. The quantitative estimate of drug-likeness (QED) is 0.347. The van der Waals surface area contributed by atoms with E-state index in [1.54, 1.807) is 0 Å². The Morgan fingerprint density at radius 3 is 2.05 bits per heavy atom. The molecule has 22 heavy (non-hydrogen) atoms. The van der Waals surface area contributed by atoms with Crippen molar-refractivity contribution in [3.05, 3.63) is 43.5 Å². The Bertz CT molecular complexity index is 765. The first-order valence-corrected chi connectivity index (χ1v) is 11.2. The normalized spacial score (nSPS) is 11.5. The monoisotopic (exact) mass is 474 g/mol. The zero-order valence-corrected chi connectivity index (χ0v) is 18.0. The molecule has 0 spiro atoms. The molecule has 3 heterocycles. The highest BCUT2D eigenvalue weighted by Crippen LogP contribution is 2.44. The lowest BCUT2D eigenvalue weighted by Crippen LogP contribution is -1.91. The fraction of sp³-hybridized carbons (Fsp3) is 0.294. The standard InChI is InChI=1S/C17H16Br2S3/c1-10(2)3-4-11-9-14(12-5-7-15(18)20-12)22-17(11)13-6-8-16(19)21-13/h5-10H,3-4H2,1-2H3. The highest BCUT2D eigenvalue weighted by Gasteiger charge is 2.15. The van der Waals surface area contributed by atoms with Gasteiger partial charge < -0.3 is 0 Å². The molecule has 0 aliphatic carbocycles. The minimum Gasteiger partial charge on any atom is -0.133 e. The van der Waals surface area contributed by atoms with Crippen LogP contribution in [0.5, 0.6) is 0 Å². The average molecular weight is 476 g/mol. The number of aryl methyl sites for hydroxylation is 1. The van der Waals surface area contributed by atoms with Crippen molar-refractivity contribution in [1.82, 2.24) is 0 Å². The van der Waals surface area contributed by atoms with Gasteiger partial charge in [-0.3, -0.25) is 0 Å². The molecule has 0 bridgehead atoms. The Morgan fingerprint density at radius 1 is 0.864 bits per heavy atom. The van der Waals surface area contributed by atoms with Crippen LogP contribution in [0.4, 0.5) is 0 Å². The van der Waals surface area contributed by atoms with Crippen LogP contribution in [0.15, 0.2) is 37.9 Å². The first-order valence-electron chi connectivity index (χ1n) is 7.17. The zero-order chi connectivity index (χ0) is 15.7. The summed E-state index contributed by atoms with van der Waals surface area (Å²) in [6.45, 7) is 4.59. The van der Waals surface area contributed by atoms with Crippen molar-refractivity contribution >= 4 is 65.9 Å². The molecule has 0 atom stereocenters. The number of halogens is 2. The molecular weight excluding hydrogens is 460 g/mol. The predicted molar refractivity (Wildman–Crippen MR) is 110 cm³/mol. The molecule has 3 aromatic rings. The van der Waals surface area contributed by atoms with Gasteiger partial charge >= 0.3 is 0 Å². The maximum atomic E-state index is 3.59. The van der Waals surface area contributed by atoms with Gasteiger partial charge in [-0.2, -0.15) is 0 Å². The Labute approximate surface area is 160 Å². The number of hydrogen-bond acceptors (Lipinski definition) is 3. The first-order chi connectivity index (χ1) is 10.5. The van der Waals surface area contributed by atoms with Crippen LogP contribution in [0.3, 0.4) is 0 Å². The maximum Gasteiger partial charge on any atom is 0.0705 e. The van der Waals surface area contributed by atoms with Gasteiger partial charge in [-0.15, -0.1) is 34.0 Å². The molecule has 116 valence electrons. The van der Waals surface area contributed by atoms with Gasteiger partial charge in [0.1, 0.15) is 0 Å².